The van der Waals surface area contributed by atoms with E-state index in [1.54, 1.807) is 0 Å². The van der Waals surface area contributed by atoms with E-state index >= 15 is 0 Å². The highest BCUT2D eigenvalue weighted by atomic mass is 17.5. The zero-order valence-electron chi connectivity index (χ0n) is 13.3. The highest BCUT2D eigenvalue weighted by molar-refractivity contribution is 4.56. The largest absolute Gasteiger partial charge is 0.206 e. The van der Waals surface area contributed by atoms with E-state index in [0.29, 0.717) is 6.61 Å². The summed E-state index contributed by atoms with van der Waals surface area (Å²) >= 11 is 0. The van der Waals surface area contributed by atoms with Crippen molar-refractivity contribution in [2.75, 3.05) is 6.61 Å². The molecule has 1 unspecified atom stereocenters. The average molecular weight is 274 g/mol. The quantitative estimate of drug-likeness (QED) is 0.221. The van der Waals surface area contributed by atoms with Gasteiger partial charge < -0.3 is 0 Å². The summed E-state index contributed by atoms with van der Waals surface area (Å²) in [6.07, 6.45) is 13.7. The molecule has 19 heavy (non-hydrogen) atoms. The van der Waals surface area contributed by atoms with Crippen LogP contribution in [0.1, 0.15) is 91.4 Å². The van der Waals surface area contributed by atoms with Crippen LogP contribution in [0.2, 0.25) is 0 Å². The lowest BCUT2D eigenvalue weighted by molar-refractivity contribution is -0.527. The zero-order valence-corrected chi connectivity index (χ0v) is 13.3. The molecule has 0 amide bonds. The normalized spacial score (nSPS) is 12.8. The van der Waals surface area contributed by atoms with Gasteiger partial charge in [0, 0.05) is 0 Å². The molecule has 0 spiro atoms. The molecule has 3 heteroatoms. The van der Waals surface area contributed by atoms with Crippen LogP contribution in [0.25, 0.3) is 0 Å². The minimum absolute atomic E-state index is 0.192. The third kappa shape index (κ3) is 14.1. The predicted octanol–water partition coefficient (Wildman–Crippen LogP) is 5.59. The Morgan fingerprint density at radius 3 is 2.00 bits per heavy atom. The summed E-state index contributed by atoms with van der Waals surface area (Å²) in [5.41, 5.74) is 0. The highest BCUT2D eigenvalue weighted by Gasteiger charge is 2.09. The lowest BCUT2D eigenvalue weighted by atomic mass is 10.0. The van der Waals surface area contributed by atoms with Gasteiger partial charge in [0.05, 0.1) is 12.7 Å². The maximum atomic E-state index is 5.31. The number of rotatable bonds is 15. The molecule has 0 aliphatic heterocycles. The summed E-state index contributed by atoms with van der Waals surface area (Å²) in [7, 11) is 0. The van der Waals surface area contributed by atoms with Crippen molar-refractivity contribution < 1.29 is 14.8 Å². The molecule has 3 nitrogen and oxygen atoms in total. The molecule has 0 bridgehead atoms. The van der Waals surface area contributed by atoms with Gasteiger partial charge >= 0.3 is 0 Å². The van der Waals surface area contributed by atoms with E-state index in [1.165, 1.54) is 44.9 Å². The minimum atomic E-state index is 0.192. The Kier molecular flexibility index (Phi) is 15.8. The molecule has 0 aliphatic rings. The van der Waals surface area contributed by atoms with Gasteiger partial charge in [0.2, 0.25) is 0 Å². The van der Waals surface area contributed by atoms with E-state index in [4.69, 9.17) is 14.8 Å². The van der Waals surface area contributed by atoms with Gasteiger partial charge in [0.25, 0.3) is 0 Å². The van der Waals surface area contributed by atoms with Gasteiger partial charge in [-0.25, -0.2) is 9.78 Å². The molecular formula is C16H34O3. The third-order valence-electron chi connectivity index (χ3n) is 3.25. The molecule has 0 aliphatic carbocycles. The van der Waals surface area contributed by atoms with Crippen molar-refractivity contribution in [2.24, 2.45) is 0 Å². The van der Waals surface area contributed by atoms with E-state index in [1.807, 2.05) is 6.92 Å². The summed E-state index contributed by atoms with van der Waals surface area (Å²) in [5, 5.41) is 4.80. The van der Waals surface area contributed by atoms with Gasteiger partial charge in [-0.05, 0) is 19.3 Å². The van der Waals surface area contributed by atoms with Gasteiger partial charge in [0.1, 0.15) is 0 Å². The van der Waals surface area contributed by atoms with Gasteiger partial charge in [-0.15, -0.1) is 0 Å². The molecule has 0 rings (SSSR count). The van der Waals surface area contributed by atoms with Gasteiger partial charge in [-0.1, -0.05) is 77.2 Å². The van der Waals surface area contributed by atoms with E-state index < -0.39 is 0 Å². The van der Waals surface area contributed by atoms with Crippen molar-refractivity contribution in [3.63, 3.8) is 0 Å². The van der Waals surface area contributed by atoms with Crippen LogP contribution in [0.5, 0.6) is 0 Å². The Labute approximate surface area is 119 Å². The number of hydrogen-bond acceptors (Lipinski definition) is 3. The molecular weight excluding hydrogens is 240 g/mol. The van der Waals surface area contributed by atoms with Crippen molar-refractivity contribution in [3.8, 4) is 0 Å². The molecule has 0 fully saturated rings. The molecule has 0 radical (unpaired) electrons. The molecule has 0 aromatic heterocycles. The third-order valence-corrected chi connectivity index (χ3v) is 3.25. The Morgan fingerprint density at radius 1 is 0.684 bits per heavy atom. The van der Waals surface area contributed by atoms with Crippen molar-refractivity contribution in [1.82, 2.24) is 0 Å². The highest BCUT2D eigenvalue weighted by Crippen LogP contribution is 2.14. The van der Waals surface area contributed by atoms with Gasteiger partial charge in [-0.3, -0.25) is 0 Å². The molecule has 0 aromatic rings. The first-order valence-corrected chi connectivity index (χ1v) is 8.30. The second kappa shape index (κ2) is 15.9. The fourth-order valence-corrected chi connectivity index (χ4v) is 2.09. The standard InChI is InChI=1S/C16H34O3/c1-4-7-8-9-10-11-12-14-16(13-5-2)18-19-17-15-6-3/h16H,4-15H2,1-3H3. The van der Waals surface area contributed by atoms with E-state index in [9.17, 15) is 0 Å². The average Bonchev–Trinajstić information content (AvgIpc) is 2.42. The van der Waals surface area contributed by atoms with Gasteiger partial charge in [-0.2, -0.15) is 0 Å². The van der Waals surface area contributed by atoms with Crippen molar-refractivity contribution in [2.45, 2.75) is 97.5 Å². The predicted molar refractivity (Wildman–Crippen MR) is 79.7 cm³/mol. The number of hydrogen-bond donors (Lipinski definition) is 0. The van der Waals surface area contributed by atoms with Crippen LogP contribution in [0.3, 0.4) is 0 Å². The second-order valence-corrected chi connectivity index (χ2v) is 5.31. The van der Waals surface area contributed by atoms with Crippen LogP contribution in [0, 0.1) is 0 Å². The first-order valence-electron chi connectivity index (χ1n) is 8.30. The molecule has 116 valence electrons. The second-order valence-electron chi connectivity index (χ2n) is 5.31. The summed E-state index contributed by atoms with van der Waals surface area (Å²) < 4.78 is 0. The molecule has 0 saturated carbocycles. The van der Waals surface area contributed by atoms with Crippen LogP contribution in [-0.2, 0) is 14.8 Å². The smallest absolute Gasteiger partial charge is 0.0961 e. The minimum Gasteiger partial charge on any atom is -0.206 e. The summed E-state index contributed by atoms with van der Waals surface area (Å²) in [4.78, 5) is 10.2. The van der Waals surface area contributed by atoms with Crippen LogP contribution < -0.4 is 0 Å². The van der Waals surface area contributed by atoms with Crippen LogP contribution in [-0.4, -0.2) is 12.7 Å². The lowest BCUT2D eigenvalue weighted by Crippen LogP contribution is -2.13. The maximum absolute atomic E-state index is 5.31. The summed E-state index contributed by atoms with van der Waals surface area (Å²) in [5.74, 6) is 0. The van der Waals surface area contributed by atoms with Crippen molar-refractivity contribution >= 4 is 0 Å². The van der Waals surface area contributed by atoms with Crippen molar-refractivity contribution in [3.05, 3.63) is 0 Å². The molecule has 0 aromatic carbocycles. The monoisotopic (exact) mass is 274 g/mol. The van der Waals surface area contributed by atoms with Crippen molar-refractivity contribution in [1.29, 1.82) is 0 Å². The number of unbranched alkanes of at least 4 members (excludes halogenated alkanes) is 6. The maximum Gasteiger partial charge on any atom is 0.0961 e. The fourth-order valence-electron chi connectivity index (χ4n) is 2.09. The molecule has 1 atom stereocenters. The molecule has 0 heterocycles. The fraction of sp³-hybridized carbons (Fsp3) is 1.00. The van der Waals surface area contributed by atoms with Crippen LogP contribution >= 0.6 is 0 Å². The summed E-state index contributed by atoms with van der Waals surface area (Å²) in [6, 6.07) is 0. The van der Waals surface area contributed by atoms with Gasteiger partial charge in [0.15, 0.2) is 0 Å². The van der Waals surface area contributed by atoms with Crippen LogP contribution in [0.4, 0.5) is 0 Å². The first kappa shape index (κ1) is 18.9. The Hall–Kier alpha value is -0.120. The van der Waals surface area contributed by atoms with E-state index in [0.717, 1.165) is 25.7 Å². The Balaban J connectivity index is 3.42. The molecule has 0 saturated heterocycles. The Morgan fingerprint density at radius 2 is 1.37 bits per heavy atom. The Bertz CT molecular complexity index is 162. The topological polar surface area (TPSA) is 27.7 Å². The zero-order chi connectivity index (χ0) is 14.2. The lowest BCUT2D eigenvalue weighted by Gasteiger charge is -2.14. The summed E-state index contributed by atoms with van der Waals surface area (Å²) in [6.45, 7) is 7.07. The molecule has 0 N–H and O–H groups in total. The van der Waals surface area contributed by atoms with E-state index in [2.05, 4.69) is 13.8 Å². The van der Waals surface area contributed by atoms with Crippen LogP contribution in [0.15, 0.2) is 0 Å². The SMILES string of the molecule is CCCCCCCCCC(CCC)OOOCCC. The first-order chi connectivity index (χ1) is 9.35. The van der Waals surface area contributed by atoms with E-state index in [-0.39, 0.29) is 6.10 Å².